The van der Waals surface area contributed by atoms with Crippen LogP contribution in [-0.2, 0) is 22.0 Å². The first-order chi connectivity index (χ1) is 12.6. The molecule has 1 aliphatic heterocycles. The normalized spacial score (nSPS) is 20.0. The second-order valence-corrected chi connectivity index (χ2v) is 9.85. The first-order valence-electron chi connectivity index (χ1n) is 8.66. The summed E-state index contributed by atoms with van der Waals surface area (Å²) in [5.41, 5.74) is 1.09. The van der Waals surface area contributed by atoms with Gasteiger partial charge in [-0.3, -0.25) is 4.79 Å². The zero-order chi connectivity index (χ0) is 19.7. The van der Waals surface area contributed by atoms with Crippen LogP contribution in [0.2, 0.25) is 5.02 Å². The summed E-state index contributed by atoms with van der Waals surface area (Å²) in [5, 5.41) is 11.5. The molecule has 0 spiro atoms. The Labute approximate surface area is 164 Å². The second kappa shape index (κ2) is 7.62. The quantitative estimate of drug-likeness (QED) is 0.826. The molecule has 27 heavy (non-hydrogen) atoms. The molecule has 1 atom stereocenters. The largest absolute Gasteiger partial charge is 0.388 e. The summed E-state index contributed by atoms with van der Waals surface area (Å²) in [6.45, 7) is 0.727. The monoisotopic (exact) mass is 407 g/mol. The molecule has 7 heteroatoms. The summed E-state index contributed by atoms with van der Waals surface area (Å²) >= 11 is 6.00. The van der Waals surface area contributed by atoms with Gasteiger partial charge in [0.05, 0.1) is 17.9 Å². The van der Waals surface area contributed by atoms with Crippen molar-refractivity contribution in [1.29, 1.82) is 0 Å². The van der Waals surface area contributed by atoms with E-state index >= 15 is 0 Å². The summed E-state index contributed by atoms with van der Waals surface area (Å²) < 4.78 is 22.7. The Morgan fingerprint density at radius 2 is 1.89 bits per heavy atom. The number of likely N-dealkylation sites (tertiary alicyclic amines) is 1. The molecule has 0 bridgehead atoms. The summed E-state index contributed by atoms with van der Waals surface area (Å²) in [4.78, 5) is 14.3. The van der Waals surface area contributed by atoms with Gasteiger partial charge in [-0.25, -0.2) is 8.42 Å². The number of carbonyl (C=O) groups is 1. The Morgan fingerprint density at radius 1 is 1.19 bits per heavy atom. The standard InChI is InChI=1S/C20H22ClNO4S/c1-27(25,26)13-15-5-7-17(8-6-15)19(23)22-10-9-20(24,14-22)12-16-3-2-4-18(21)11-16/h2-8,11,24H,9-10,12-14H2,1H3. The molecular weight excluding hydrogens is 386 g/mol. The number of nitrogens with zero attached hydrogens (tertiary/aromatic N) is 1. The third-order valence-electron chi connectivity index (χ3n) is 4.67. The maximum absolute atomic E-state index is 12.7. The lowest BCUT2D eigenvalue weighted by molar-refractivity contribution is 0.0445. The van der Waals surface area contributed by atoms with Crippen LogP contribution in [0, 0.1) is 0 Å². The minimum atomic E-state index is -3.11. The van der Waals surface area contributed by atoms with Crippen molar-refractivity contribution in [3.05, 3.63) is 70.2 Å². The molecule has 1 aliphatic rings. The molecule has 1 saturated heterocycles. The zero-order valence-corrected chi connectivity index (χ0v) is 16.6. The lowest BCUT2D eigenvalue weighted by Gasteiger charge is -2.23. The molecule has 1 N–H and O–H groups in total. The number of benzene rings is 2. The van der Waals surface area contributed by atoms with Crippen molar-refractivity contribution >= 4 is 27.3 Å². The van der Waals surface area contributed by atoms with Crippen LogP contribution in [0.1, 0.15) is 27.9 Å². The molecule has 1 fully saturated rings. The van der Waals surface area contributed by atoms with E-state index in [1.54, 1.807) is 35.2 Å². The maximum atomic E-state index is 12.7. The van der Waals surface area contributed by atoms with E-state index in [0.717, 1.165) is 5.56 Å². The molecule has 1 amide bonds. The molecular formula is C20H22ClNO4S. The van der Waals surface area contributed by atoms with Gasteiger partial charge in [0.2, 0.25) is 0 Å². The lowest BCUT2D eigenvalue weighted by atomic mass is 9.94. The number of hydrogen-bond donors (Lipinski definition) is 1. The maximum Gasteiger partial charge on any atom is 0.253 e. The highest BCUT2D eigenvalue weighted by Gasteiger charge is 2.38. The van der Waals surface area contributed by atoms with Crippen molar-refractivity contribution in [2.75, 3.05) is 19.3 Å². The van der Waals surface area contributed by atoms with Crippen molar-refractivity contribution in [3.63, 3.8) is 0 Å². The molecule has 0 aliphatic carbocycles. The number of aliphatic hydroxyl groups is 1. The summed E-state index contributed by atoms with van der Waals surface area (Å²) in [6.07, 6.45) is 2.11. The molecule has 2 aromatic carbocycles. The van der Waals surface area contributed by atoms with E-state index in [1.165, 1.54) is 6.26 Å². The van der Waals surface area contributed by atoms with Crippen molar-refractivity contribution in [2.45, 2.75) is 24.2 Å². The Balaban J connectivity index is 1.66. The molecule has 0 aromatic heterocycles. The van der Waals surface area contributed by atoms with Crippen molar-refractivity contribution in [2.24, 2.45) is 0 Å². The number of carbonyl (C=O) groups excluding carboxylic acids is 1. The summed E-state index contributed by atoms with van der Waals surface area (Å²) in [6, 6.07) is 13.9. The fourth-order valence-corrected chi connectivity index (χ4v) is 4.44. The lowest BCUT2D eigenvalue weighted by Crippen LogP contribution is -2.37. The van der Waals surface area contributed by atoms with Crippen LogP contribution in [0.3, 0.4) is 0 Å². The van der Waals surface area contributed by atoms with Gasteiger partial charge in [0, 0.05) is 29.8 Å². The zero-order valence-electron chi connectivity index (χ0n) is 15.1. The first-order valence-corrected chi connectivity index (χ1v) is 11.1. The smallest absolute Gasteiger partial charge is 0.253 e. The highest BCUT2D eigenvalue weighted by molar-refractivity contribution is 7.89. The number of amides is 1. The van der Waals surface area contributed by atoms with Gasteiger partial charge in [-0.1, -0.05) is 35.9 Å². The Hall–Kier alpha value is -1.89. The molecule has 144 valence electrons. The highest BCUT2D eigenvalue weighted by Crippen LogP contribution is 2.27. The summed E-state index contributed by atoms with van der Waals surface area (Å²) in [7, 11) is -3.11. The van der Waals surface area contributed by atoms with Crippen LogP contribution in [0.4, 0.5) is 0 Å². The molecule has 5 nitrogen and oxygen atoms in total. The van der Waals surface area contributed by atoms with Crippen LogP contribution >= 0.6 is 11.6 Å². The fraction of sp³-hybridized carbons (Fsp3) is 0.350. The molecule has 2 aromatic rings. The van der Waals surface area contributed by atoms with E-state index in [4.69, 9.17) is 11.6 Å². The second-order valence-electron chi connectivity index (χ2n) is 7.27. The van der Waals surface area contributed by atoms with Crippen LogP contribution in [0.5, 0.6) is 0 Å². The number of halogens is 1. The molecule has 3 rings (SSSR count). The highest BCUT2D eigenvalue weighted by atomic mass is 35.5. The van der Waals surface area contributed by atoms with Crippen LogP contribution < -0.4 is 0 Å². The van der Waals surface area contributed by atoms with Crippen LogP contribution in [-0.4, -0.2) is 49.3 Å². The first kappa shape index (κ1) is 19.9. The Morgan fingerprint density at radius 3 is 2.52 bits per heavy atom. The predicted octanol–water partition coefficient (Wildman–Crippen LogP) is 2.70. The van der Waals surface area contributed by atoms with Crippen LogP contribution in [0.25, 0.3) is 0 Å². The van der Waals surface area contributed by atoms with Gasteiger partial charge in [-0.05, 0) is 41.8 Å². The minimum absolute atomic E-state index is 0.0510. The van der Waals surface area contributed by atoms with E-state index in [0.29, 0.717) is 35.5 Å². The molecule has 1 heterocycles. The van der Waals surface area contributed by atoms with Crippen molar-refractivity contribution < 1.29 is 18.3 Å². The number of β-amino-alcohol motifs (C(OH)–C–C–N with tert-alkyl or cyclic N) is 1. The van der Waals surface area contributed by atoms with E-state index in [9.17, 15) is 18.3 Å². The van der Waals surface area contributed by atoms with E-state index in [1.807, 2.05) is 18.2 Å². The van der Waals surface area contributed by atoms with E-state index < -0.39 is 15.4 Å². The van der Waals surface area contributed by atoms with Gasteiger partial charge in [0.25, 0.3) is 5.91 Å². The summed E-state index contributed by atoms with van der Waals surface area (Å²) in [5.74, 6) is -0.215. The van der Waals surface area contributed by atoms with Crippen LogP contribution in [0.15, 0.2) is 48.5 Å². The van der Waals surface area contributed by atoms with Crippen molar-refractivity contribution in [3.8, 4) is 0 Å². The Bertz CT molecular complexity index is 943. The van der Waals surface area contributed by atoms with Gasteiger partial charge < -0.3 is 10.0 Å². The average molecular weight is 408 g/mol. The van der Waals surface area contributed by atoms with Gasteiger partial charge in [-0.15, -0.1) is 0 Å². The van der Waals surface area contributed by atoms with E-state index in [-0.39, 0.29) is 18.2 Å². The van der Waals surface area contributed by atoms with Gasteiger partial charge in [-0.2, -0.15) is 0 Å². The third-order valence-corrected chi connectivity index (χ3v) is 5.76. The SMILES string of the molecule is CS(=O)(=O)Cc1ccc(C(=O)N2CCC(O)(Cc3cccc(Cl)c3)C2)cc1. The number of rotatable bonds is 5. The van der Waals surface area contributed by atoms with Gasteiger partial charge in [0.15, 0.2) is 9.84 Å². The number of hydrogen-bond acceptors (Lipinski definition) is 4. The topological polar surface area (TPSA) is 74.7 Å². The van der Waals surface area contributed by atoms with Crippen molar-refractivity contribution in [1.82, 2.24) is 4.90 Å². The fourth-order valence-electron chi connectivity index (χ4n) is 3.43. The van der Waals surface area contributed by atoms with E-state index in [2.05, 4.69) is 0 Å². The average Bonchev–Trinajstić information content (AvgIpc) is 2.95. The minimum Gasteiger partial charge on any atom is -0.388 e. The molecule has 0 radical (unpaired) electrons. The molecule has 1 unspecified atom stereocenters. The predicted molar refractivity (Wildman–Crippen MR) is 106 cm³/mol. The van der Waals surface area contributed by atoms with Gasteiger partial charge >= 0.3 is 0 Å². The Kier molecular flexibility index (Phi) is 5.60. The number of sulfone groups is 1. The van der Waals surface area contributed by atoms with Gasteiger partial charge in [0.1, 0.15) is 0 Å². The third kappa shape index (κ3) is 5.31. The molecule has 0 saturated carbocycles.